The van der Waals surface area contributed by atoms with E-state index in [0.29, 0.717) is 49.6 Å². The predicted molar refractivity (Wildman–Crippen MR) is 117 cm³/mol. The second kappa shape index (κ2) is 10.2. The second-order valence-corrected chi connectivity index (χ2v) is 9.97. The number of nitrogens with zero attached hydrogens (tertiary/aromatic N) is 2. The Morgan fingerprint density at radius 3 is 2.48 bits per heavy atom. The molecule has 0 bridgehead atoms. The summed E-state index contributed by atoms with van der Waals surface area (Å²) in [5.74, 6) is 0.682. The fourth-order valence-electron chi connectivity index (χ4n) is 3.15. The standard InChI is InChI=1S/C20H28N4O3S2/c1-3-16-6-4-5-7-17(16)14-22-20(21-2)23-15-18-8-9-19(28-18)29(25,26)24-10-12-27-13-11-24/h4-9H,3,10-15H2,1-2H3,(H2,21,22,23). The molecule has 1 aromatic carbocycles. The fraction of sp³-hybridized carbons (Fsp3) is 0.450. The van der Waals surface area contributed by atoms with Crippen LogP contribution in [0.2, 0.25) is 0 Å². The molecular formula is C20H28N4O3S2. The second-order valence-electron chi connectivity index (χ2n) is 6.64. The topological polar surface area (TPSA) is 83.0 Å². The minimum Gasteiger partial charge on any atom is -0.379 e. The van der Waals surface area contributed by atoms with E-state index in [1.54, 1.807) is 13.1 Å². The van der Waals surface area contributed by atoms with Crippen molar-refractivity contribution in [3.8, 4) is 0 Å². The normalized spacial score (nSPS) is 16.0. The molecule has 2 heterocycles. The molecule has 2 aromatic rings. The highest BCUT2D eigenvalue weighted by atomic mass is 32.2. The average Bonchev–Trinajstić information content (AvgIpc) is 3.24. The molecule has 0 aliphatic carbocycles. The Bertz CT molecular complexity index is 935. The minimum absolute atomic E-state index is 0.371. The Kier molecular flexibility index (Phi) is 7.65. The van der Waals surface area contributed by atoms with E-state index in [1.807, 2.05) is 12.1 Å². The van der Waals surface area contributed by atoms with Crippen LogP contribution in [-0.2, 0) is 34.3 Å². The van der Waals surface area contributed by atoms with Crippen LogP contribution in [0.1, 0.15) is 22.9 Å². The first-order valence-electron chi connectivity index (χ1n) is 9.72. The lowest BCUT2D eigenvalue weighted by atomic mass is 10.1. The third-order valence-electron chi connectivity index (χ3n) is 4.80. The monoisotopic (exact) mass is 436 g/mol. The van der Waals surface area contributed by atoms with Gasteiger partial charge in [0.15, 0.2) is 5.96 Å². The van der Waals surface area contributed by atoms with Gasteiger partial charge in [-0.1, -0.05) is 31.2 Å². The Hall–Kier alpha value is -1.94. The number of hydrogen-bond donors (Lipinski definition) is 2. The molecular weight excluding hydrogens is 408 g/mol. The lowest BCUT2D eigenvalue weighted by Gasteiger charge is -2.25. The maximum absolute atomic E-state index is 12.7. The number of rotatable bonds is 7. The molecule has 7 nitrogen and oxygen atoms in total. The zero-order valence-corrected chi connectivity index (χ0v) is 18.5. The van der Waals surface area contributed by atoms with Gasteiger partial charge in [0.1, 0.15) is 4.21 Å². The largest absolute Gasteiger partial charge is 0.379 e. The molecule has 1 aliphatic rings. The van der Waals surface area contributed by atoms with Gasteiger partial charge in [-0.2, -0.15) is 4.31 Å². The van der Waals surface area contributed by atoms with Gasteiger partial charge in [-0.05, 0) is 29.7 Å². The lowest BCUT2D eigenvalue weighted by molar-refractivity contribution is 0.0731. The molecule has 1 aromatic heterocycles. The van der Waals surface area contributed by atoms with Gasteiger partial charge < -0.3 is 15.4 Å². The highest BCUT2D eigenvalue weighted by Crippen LogP contribution is 2.25. The summed E-state index contributed by atoms with van der Waals surface area (Å²) < 4.78 is 32.6. The van der Waals surface area contributed by atoms with Crippen LogP contribution in [0.25, 0.3) is 0 Å². The summed E-state index contributed by atoms with van der Waals surface area (Å²) >= 11 is 1.29. The van der Waals surface area contributed by atoms with Crippen LogP contribution in [0.3, 0.4) is 0 Å². The van der Waals surface area contributed by atoms with E-state index >= 15 is 0 Å². The van der Waals surface area contributed by atoms with Crippen molar-refractivity contribution in [1.82, 2.24) is 14.9 Å². The zero-order chi connectivity index (χ0) is 20.7. The average molecular weight is 437 g/mol. The third-order valence-corrected chi connectivity index (χ3v) is 8.25. The first-order valence-corrected chi connectivity index (χ1v) is 12.0. The number of thiophene rings is 1. The Morgan fingerprint density at radius 1 is 1.10 bits per heavy atom. The van der Waals surface area contributed by atoms with Gasteiger partial charge in [0, 0.05) is 31.6 Å². The molecule has 0 atom stereocenters. The number of sulfonamides is 1. The van der Waals surface area contributed by atoms with Crippen molar-refractivity contribution in [2.45, 2.75) is 30.6 Å². The van der Waals surface area contributed by atoms with E-state index in [2.05, 4.69) is 40.7 Å². The van der Waals surface area contributed by atoms with Crippen molar-refractivity contribution in [1.29, 1.82) is 0 Å². The van der Waals surface area contributed by atoms with Crippen molar-refractivity contribution < 1.29 is 13.2 Å². The molecule has 1 aliphatic heterocycles. The Balaban J connectivity index is 1.56. The molecule has 2 N–H and O–H groups in total. The van der Waals surface area contributed by atoms with E-state index < -0.39 is 10.0 Å². The first-order chi connectivity index (χ1) is 14.0. The van der Waals surface area contributed by atoms with Gasteiger partial charge >= 0.3 is 0 Å². The molecule has 0 amide bonds. The van der Waals surface area contributed by atoms with Gasteiger partial charge in [0.2, 0.25) is 0 Å². The number of nitrogens with one attached hydrogen (secondary N) is 2. The van der Waals surface area contributed by atoms with Crippen LogP contribution in [0, 0.1) is 0 Å². The van der Waals surface area contributed by atoms with Crippen LogP contribution >= 0.6 is 11.3 Å². The molecule has 1 saturated heterocycles. The summed E-state index contributed by atoms with van der Waals surface area (Å²) in [5.41, 5.74) is 2.56. The summed E-state index contributed by atoms with van der Waals surface area (Å²) in [6, 6.07) is 11.9. The number of guanidine groups is 1. The lowest BCUT2D eigenvalue weighted by Crippen LogP contribution is -2.40. The molecule has 0 unspecified atom stereocenters. The maximum atomic E-state index is 12.7. The summed E-state index contributed by atoms with van der Waals surface area (Å²) in [6.45, 7) is 5.05. The molecule has 1 fully saturated rings. The molecule has 3 rings (SSSR count). The van der Waals surface area contributed by atoms with E-state index in [0.717, 1.165) is 11.3 Å². The van der Waals surface area contributed by atoms with Crippen molar-refractivity contribution in [3.63, 3.8) is 0 Å². The SMILES string of the molecule is CCc1ccccc1CNC(=NC)NCc1ccc(S(=O)(=O)N2CCOCC2)s1. The summed E-state index contributed by atoms with van der Waals surface area (Å²) in [6.07, 6.45) is 0.986. The number of morpholine rings is 1. The smallest absolute Gasteiger partial charge is 0.252 e. The molecule has 29 heavy (non-hydrogen) atoms. The highest BCUT2D eigenvalue weighted by Gasteiger charge is 2.27. The summed E-state index contributed by atoms with van der Waals surface area (Å²) in [4.78, 5) is 5.20. The summed E-state index contributed by atoms with van der Waals surface area (Å²) in [5, 5.41) is 6.58. The molecule has 0 radical (unpaired) electrons. The van der Waals surface area contributed by atoms with Crippen molar-refractivity contribution >= 4 is 27.3 Å². The van der Waals surface area contributed by atoms with Gasteiger partial charge in [-0.15, -0.1) is 11.3 Å². The van der Waals surface area contributed by atoms with E-state index in [1.165, 1.54) is 26.8 Å². The fourth-order valence-corrected chi connectivity index (χ4v) is 6.01. The zero-order valence-electron chi connectivity index (χ0n) is 16.8. The van der Waals surface area contributed by atoms with Crippen molar-refractivity contribution in [2.24, 2.45) is 4.99 Å². The van der Waals surface area contributed by atoms with Gasteiger partial charge in [-0.3, -0.25) is 4.99 Å². The van der Waals surface area contributed by atoms with Crippen LogP contribution in [-0.4, -0.2) is 52.0 Å². The maximum Gasteiger partial charge on any atom is 0.252 e. The van der Waals surface area contributed by atoms with Crippen molar-refractivity contribution in [2.75, 3.05) is 33.4 Å². The highest BCUT2D eigenvalue weighted by molar-refractivity contribution is 7.91. The predicted octanol–water partition coefficient (Wildman–Crippen LogP) is 2.20. The van der Waals surface area contributed by atoms with Gasteiger partial charge in [-0.25, -0.2) is 8.42 Å². The summed E-state index contributed by atoms with van der Waals surface area (Å²) in [7, 11) is -1.72. The molecule has 158 valence electrons. The van der Waals surface area contributed by atoms with Gasteiger partial charge in [0.25, 0.3) is 10.0 Å². The first kappa shape index (κ1) is 21.8. The van der Waals surface area contributed by atoms with Crippen LogP contribution in [0.4, 0.5) is 0 Å². The number of benzene rings is 1. The van der Waals surface area contributed by atoms with E-state index in [-0.39, 0.29) is 0 Å². The molecule has 0 spiro atoms. The minimum atomic E-state index is -3.44. The number of aliphatic imine (C=N–C) groups is 1. The quantitative estimate of drug-likeness (QED) is 0.514. The van der Waals surface area contributed by atoms with Crippen LogP contribution in [0.5, 0.6) is 0 Å². The Labute approximate surface area is 176 Å². The van der Waals surface area contributed by atoms with Crippen molar-refractivity contribution in [3.05, 3.63) is 52.4 Å². The van der Waals surface area contributed by atoms with Crippen LogP contribution < -0.4 is 10.6 Å². The molecule has 9 heteroatoms. The molecule has 0 saturated carbocycles. The van der Waals surface area contributed by atoms with Gasteiger partial charge in [0.05, 0.1) is 19.8 Å². The number of hydrogen-bond acceptors (Lipinski definition) is 5. The Morgan fingerprint density at radius 2 is 1.79 bits per heavy atom. The number of ether oxygens (including phenoxy) is 1. The van der Waals surface area contributed by atoms with Crippen LogP contribution in [0.15, 0.2) is 45.6 Å². The number of aryl methyl sites for hydroxylation is 1. The van der Waals surface area contributed by atoms with E-state index in [9.17, 15) is 8.42 Å². The van der Waals surface area contributed by atoms with E-state index in [4.69, 9.17) is 4.74 Å². The third kappa shape index (κ3) is 5.57.